The third-order valence-electron chi connectivity index (χ3n) is 6.29. The zero-order chi connectivity index (χ0) is 25.6. The molecule has 1 aliphatic heterocycles. The van der Waals surface area contributed by atoms with Crippen molar-refractivity contribution < 1.29 is 19.1 Å². The zero-order valence-corrected chi connectivity index (χ0v) is 21.9. The number of esters is 1. The molecule has 0 spiro atoms. The maximum Gasteiger partial charge on any atom is 0.333 e. The van der Waals surface area contributed by atoms with Gasteiger partial charge in [-0.05, 0) is 42.7 Å². The molecular formula is C27H41N3O4. The maximum absolute atomic E-state index is 13.7. The lowest BCUT2D eigenvalue weighted by Gasteiger charge is -2.38. The van der Waals surface area contributed by atoms with Crippen LogP contribution in [0.15, 0.2) is 35.9 Å². The fourth-order valence-electron chi connectivity index (χ4n) is 4.20. The van der Waals surface area contributed by atoms with Crippen molar-refractivity contribution in [1.82, 2.24) is 15.5 Å². The van der Waals surface area contributed by atoms with Crippen LogP contribution in [0.3, 0.4) is 0 Å². The number of nitrogens with zero attached hydrogens (tertiary/aromatic N) is 1. The molecule has 0 bridgehead atoms. The second-order valence-corrected chi connectivity index (χ2v) is 10.5. The molecule has 1 unspecified atom stereocenters. The standard InChI is InChI=1S/C27H41N3O4/c1-9-34-26(33)18(4)14-22(17(2)3)30(8)25(32)23(27(5,6)7)29-24(31)21-15-19-12-10-11-13-20(19)16-28-21/h10-14,17,21-23,28H,9,15-16H2,1-8H3,(H,29,31)/t21?,22-,23-/m1/s1. The zero-order valence-electron chi connectivity index (χ0n) is 21.9. The molecule has 0 fully saturated rings. The Morgan fingerprint density at radius 1 is 1.21 bits per heavy atom. The van der Waals surface area contributed by atoms with E-state index in [1.54, 1.807) is 31.9 Å². The van der Waals surface area contributed by atoms with Gasteiger partial charge in [-0.25, -0.2) is 4.79 Å². The van der Waals surface area contributed by atoms with E-state index in [1.165, 1.54) is 5.56 Å². The van der Waals surface area contributed by atoms with Gasteiger partial charge in [0, 0.05) is 19.2 Å². The molecule has 3 atom stereocenters. The van der Waals surface area contributed by atoms with Crippen LogP contribution in [0.2, 0.25) is 0 Å². The third-order valence-corrected chi connectivity index (χ3v) is 6.29. The van der Waals surface area contributed by atoms with Crippen LogP contribution in [0.25, 0.3) is 0 Å². The van der Waals surface area contributed by atoms with Gasteiger partial charge in [-0.3, -0.25) is 9.59 Å². The molecule has 2 rings (SSSR count). The highest BCUT2D eigenvalue weighted by Gasteiger charge is 2.38. The molecule has 1 heterocycles. The summed E-state index contributed by atoms with van der Waals surface area (Å²) >= 11 is 0. The molecule has 1 aromatic carbocycles. The van der Waals surface area contributed by atoms with Crippen molar-refractivity contribution in [3.8, 4) is 0 Å². The molecule has 0 aliphatic carbocycles. The first-order valence-corrected chi connectivity index (χ1v) is 12.1. The Morgan fingerprint density at radius 2 is 1.82 bits per heavy atom. The van der Waals surface area contributed by atoms with Crippen molar-refractivity contribution in [3.05, 3.63) is 47.0 Å². The Kier molecular flexibility index (Phi) is 9.45. The fraction of sp³-hybridized carbons (Fsp3) is 0.593. The summed E-state index contributed by atoms with van der Waals surface area (Å²) in [5.74, 6) is -0.705. The SMILES string of the molecule is CCOC(=O)C(C)=C[C@H](C(C)C)N(C)C(=O)[C@@H](NC(=O)C1Cc2ccccc2CN1)C(C)(C)C. The van der Waals surface area contributed by atoms with Crippen LogP contribution in [0, 0.1) is 11.3 Å². The van der Waals surface area contributed by atoms with E-state index in [0.29, 0.717) is 25.1 Å². The molecule has 188 valence electrons. The molecule has 1 aromatic rings. The number of fused-ring (bicyclic) bond motifs is 1. The summed E-state index contributed by atoms with van der Waals surface area (Å²) in [5, 5.41) is 6.32. The topological polar surface area (TPSA) is 87.7 Å². The Bertz CT molecular complexity index is 917. The van der Waals surface area contributed by atoms with Gasteiger partial charge in [0.2, 0.25) is 11.8 Å². The van der Waals surface area contributed by atoms with Crippen molar-refractivity contribution in [3.63, 3.8) is 0 Å². The van der Waals surface area contributed by atoms with Gasteiger partial charge < -0.3 is 20.3 Å². The van der Waals surface area contributed by atoms with Gasteiger partial charge in [0.1, 0.15) is 6.04 Å². The first-order valence-electron chi connectivity index (χ1n) is 12.1. The number of rotatable bonds is 8. The quantitative estimate of drug-likeness (QED) is 0.449. The lowest BCUT2D eigenvalue weighted by molar-refractivity contribution is -0.141. The summed E-state index contributed by atoms with van der Waals surface area (Å²) in [6.07, 6.45) is 2.36. The monoisotopic (exact) mass is 471 g/mol. The Balaban J connectivity index is 2.21. The van der Waals surface area contributed by atoms with Crippen LogP contribution in [-0.2, 0) is 32.1 Å². The molecular weight excluding hydrogens is 430 g/mol. The number of carbonyl (C=O) groups excluding carboxylic acids is 3. The lowest BCUT2D eigenvalue weighted by Crippen LogP contribution is -2.59. The maximum atomic E-state index is 13.7. The van der Waals surface area contributed by atoms with E-state index in [4.69, 9.17) is 4.74 Å². The number of hydrogen-bond donors (Lipinski definition) is 2. The van der Waals surface area contributed by atoms with E-state index >= 15 is 0 Å². The predicted molar refractivity (Wildman–Crippen MR) is 134 cm³/mol. The average Bonchev–Trinajstić information content (AvgIpc) is 2.78. The van der Waals surface area contributed by atoms with Crippen LogP contribution >= 0.6 is 0 Å². The summed E-state index contributed by atoms with van der Waals surface area (Å²) in [7, 11) is 1.72. The highest BCUT2D eigenvalue weighted by Crippen LogP contribution is 2.24. The van der Waals surface area contributed by atoms with E-state index in [1.807, 2.05) is 52.8 Å². The largest absolute Gasteiger partial charge is 0.463 e. The summed E-state index contributed by atoms with van der Waals surface area (Å²) < 4.78 is 5.10. The first kappa shape index (κ1) is 27.6. The van der Waals surface area contributed by atoms with Gasteiger partial charge in [0.25, 0.3) is 0 Å². The second-order valence-electron chi connectivity index (χ2n) is 10.5. The average molecular weight is 472 g/mol. The van der Waals surface area contributed by atoms with Crippen molar-refractivity contribution >= 4 is 17.8 Å². The Labute approximate surface area is 204 Å². The predicted octanol–water partition coefficient (Wildman–Crippen LogP) is 3.22. The summed E-state index contributed by atoms with van der Waals surface area (Å²) in [5.41, 5.74) is 2.30. The number of nitrogens with one attached hydrogen (secondary N) is 2. The van der Waals surface area contributed by atoms with Crippen molar-refractivity contribution in [2.45, 2.75) is 79.6 Å². The second kappa shape index (κ2) is 11.6. The number of hydrogen-bond acceptors (Lipinski definition) is 5. The minimum atomic E-state index is -0.721. The highest BCUT2D eigenvalue weighted by molar-refractivity contribution is 5.91. The van der Waals surface area contributed by atoms with Crippen LogP contribution in [0.1, 0.15) is 59.6 Å². The highest BCUT2D eigenvalue weighted by atomic mass is 16.5. The third kappa shape index (κ3) is 6.92. The molecule has 0 radical (unpaired) electrons. The lowest BCUT2D eigenvalue weighted by atomic mass is 9.84. The first-order chi connectivity index (χ1) is 15.9. The minimum absolute atomic E-state index is 0.0613. The molecule has 34 heavy (non-hydrogen) atoms. The van der Waals surface area contributed by atoms with Gasteiger partial charge in [-0.1, -0.05) is 65.0 Å². The molecule has 7 heteroatoms. The van der Waals surface area contributed by atoms with E-state index in [0.717, 1.165) is 5.56 Å². The number of benzene rings is 1. The molecule has 2 N–H and O–H groups in total. The number of amides is 2. The van der Waals surface area contributed by atoms with Gasteiger partial charge in [-0.2, -0.15) is 0 Å². The van der Waals surface area contributed by atoms with E-state index in [-0.39, 0.29) is 23.8 Å². The molecule has 7 nitrogen and oxygen atoms in total. The smallest absolute Gasteiger partial charge is 0.333 e. The summed E-state index contributed by atoms with van der Waals surface area (Å²) in [6.45, 7) is 14.2. The number of likely N-dealkylation sites (N-methyl/N-ethyl adjacent to an activating group) is 1. The van der Waals surface area contributed by atoms with Crippen LogP contribution in [-0.4, -0.2) is 54.5 Å². The van der Waals surface area contributed by atoms with Gasteiger partial charge in [0.05, 0.1) is 18.7 Å². The van der Waals surface area contributed by atoms with E-state index in [2.05, 4.69) is 16.7 Å². The van der Waals surface area contributed by atoms with E-state index < -0.39 is 23.5 Å². The van der Waals surface area contributed by atoms with Gasteiger partial charge >= 0.3 is 5.97 Å². The van der Waals surface area contributed by atoms with E-state index in [9.17, 15) is 14.4 Å². The fourth-order valence-corrected chi connectivity index (χ4v) is 4.20. The normalized spacial score (nSPS) is 18.0. The molecule has 0 saturated heterocycles. The molecule has 0 aromatic heterocycles. The van der Waals surface area contributed by atoms with Crippen molar-refractivity contribution in [2.24, 2.45) is 11.3 Å². The van der Waals surface area contributed by atoms with Gasteiger partial charge in [-0.15, -0.1) is 0 Å². The number of carbonyl (C=O) groups is 3. The molecule has 2 amide bonds. The summed E-state index contributed by atoms with van der Waals surface area (Å²) in [4.78, 5) is 40.7. The van der Waals surface area contributed by atoms with Crippen LogP contribution in [0.5, 0.6) is 0 Å². The van der Waals surface area contributed by atoms with Crippen LogP contribution in [0.4, 0.5) is 0 Å². The summed E-state index contributed by atoms with van der Waals surface area (Å²) in [6, 6.07) is 6.64. The van der Waals surface area contributed by atoms with Crippen molar-refractivity contribution in [1.29, 1.82) is 0 Å². The Hall–Kier alpha value is -2.67. The minimum Gasteiger partial charge on any atom is -0.463 e. The molecule has 0 saturated carbocycles. The number of ether oxygens (including phenoxy) is 1. The van der Waals surface area contributed by atoms with Crippen LogP contribution < -0.4 is 10.6 Å². The Morgan fingerprint density at radius 3 is 2.38 bits per heavy atom. The van der Waals surface area contributed by atoms with Gasteiger partial charge in [0.15, 0.2) is 0 Å². The van der Waals surface area contributed by atoms with Crippen molar-refractivity contribution in [2.75, 3.05) is 13.7 Å². The molecule has 1 aliphatic rings.